The van der Waals surface area contributed by atoms with Crippen molar-refractivity contribution in [3.8, 4) is 0 Å². The number of carbonyl (C=O) groups excluding carboxylic acids is 2. The molecule has 0 radical (unpaired) electrons. The largest absolute Gasteiger partial charge is 0.377 e. The smallest absolute Gasteiger partial charge is 0.286 e. The molecule has 1 aromatic heterocycles. The predicted octanol–water partition coefficient (Wildman–Crippen LogP) is 3.62. The molecule has 184 valence electrons. The fourth-order valence-corrected chi connectivity index (χ4v) is 4.91. The van der Waals surface area contributed by atoms with Crippen molar-refractivity contribution >= 4 is 28.8 Å². The highest BCUT2D eigenvalue weighted by atomic mass is 32.1. The van der Waals surface area contributed by atoms with Crippen LogP contribution in [0.2, 0.25) is 0 Å². The minimum Gasteiger partial charge on any atom is -0.377 e. The summed E-state index contributed by atoms with van der Waals surface area (Å²) < 4.78 is 5.00. The lowest BCUT2D eigenvalue weighted by molar-refractivity contribution is 0.0943. The van der Waals surface area contributed by atoms with Crippen LogP contribution >= 0.6 is 11.3 Å². The quantitative estimate of drug-likeness (QED) is 0.448. The summed E-state index contributed by atoms with van der Waals surface area (Å²) >= 11 is 1.19. The molecule has 1 fully saturated rings. The highest BCUT2D eigenvalue weighted by Gasteiger charge is 2.19. The first-order chi connectivity index (χ1) is 17.1. The van der Waals surface area contributed by atoms with E-state index >= 15 is 0 Å². The zero-order chi connectivity index (χ0) is 24.5. The summed E-state index contributed by atoms with van der Waals surface area (Å²) in [7, 11) is 1.56. The van der Waals surface area contributed by atoms with Crippen LogP contribution in [0, 0.1) is 5.92 Å². The van der Waals surface area contributed by atoms with Crippen molar-refractivity contribution in [1.29, 1.82) is 0 Å². The van der Waals surface area contributed by atoms with Crippen molar-refractivity contribution in [2.45, 2.75) is 25.9 Å². The summed E-state index contributed by atoms with van der Waals surface area (Å²) in [6.45, 7) is 3.93. The molecule has 2 amide bonds. The van der Waals surface area contributed by atoms with Gasteiger partial charge in [0.05, 0.1) is 6.61 Å². The molecule has 3 aromatic rings. The Hall–Kier alpha value is -3.14. The number of piperidine rings is 1. The molecule has 0 spiro atoms. The molecule has 9 heteroatoms. The van der Waals surface area contributed by atoms with Gasteiger partial charge in [0.25, 0.3) is 11.8 Å². The van der Waals surface area contributed by atoms with Gasteiger partial charge in [0.15, 0.2) is 0 Å². The molecular formula is C26H31N5O3S. The fraction of sp³-hybridized carbons (Fsp3) is 0.385. The second-order valence-electron chi connectivity index (χ2n) is 8.70. The second-order valence-corrected chi connectivity index (χ2v) is 9.76. The Bertz CT molecular complexity index is 1100. The average molecular weight is 494 g/mol. The van der Waals surface area contributed by atoms with Gasteiger partial charge in [-0.25, -0.2) is 0 Å². The number of benzene rings is 2. The van der Waals surface area contributed by atoms with Crippen LogP contribution in [0.25, 0.3) is 0 Å². The fourth-order valence-electron chi connectivity index (χ4n) is 4.21. The van der Waals surface area contributed by atoms with Crippen molar-refractivity contribution in [1.82, 2.24) is 20.4 Å². The topological polar surface area (TPSA) is 96.5 Å². The van der Waals surface area contributed by atoms with Crippen LogP contribution < -0.4 is 10.6 Å². The number of nitrogens with zero attached hydrogens (tertiary/aromatic N) is 3. The molecule has 0 unspecified atom stereocenters. The van der Waals surface area contributed by atoms with Gasteiger partial charge >= 0.3 is 0 Å². The summed E-state index contributed by atoms with van der Waals surface area (Å²) in [5.74, 6) is 0.284. The number of rotatable bonds is 10. The summed E-state index contributed by atoms with van der Waals surface area (Å²) in [5, 5.41) is 14.5. The minimum absolute atomic E-state index is 0.116. The molecule has 1 saturated heterocycles. The molecule has 8 nitrogen and oxygen atoms in total. The molecule has 1 aliphatic heterocycles. The van der Waals surface area contributed by atoms with Gasteiger partial charge in [0.2, 0.25) is 5.01 Å². The summed E-state index contributed by atoms with van der Waals surface area (Å²) in [5.41, 5.74) is 2.57. The van der Waals surface area contributed by atoms with E-state index in [1.54, 1.807) is 31.4 Å². The monoisotopic (exact) mass is 493 g/mol. The number of carbonyl (C=O) groups is 2. The van der Waals surface area contributed by atoms with Crippen LogP contribution in [0.4, 0.5) is 5.69 Å². The van der Waals surface area contributed by atoms with E-state index in [0.717, 1.165) is 32.0 Å². The summed E-state index contributed by atoms with van der Waals surface area (Å²) in [6.07, 6.45) is 3.54. The van der Waals surface area contributed by atoms with Crippen molar-refractivity contribution < 1.29 is 14.3 Å². The Balaban J connectivity index is 1.16. The van der Waals surface area contributed by atoms with Crippen molar-refractivity contribution in [3.63, 3.8) is 0 Å². The number of ether oxygens (including phenoxy) is 1. The molecule has 2 N–H and O–H groups in total. The molecule has 0 saturated carbocycles. The van der Waals surface area contributed by atoms with E-state index in [0.29, 0.717) is 29.4 Å². The van der Waals surface area contributed by atoms with Gasteiger partial charge in [-0.15, -0.1) is 10.2 Å². The van der Waals surface area contributed by atoms with Crippen LogP contribution in [0.15, 0.2) is 54.6 Å². The lowest BCUT2D eigenvalue weighted by atomic mass is 9.90. The van der Waals surface area contributed by atoms with Crippen LogP contribution in [0.5, 0.6) is 0 Å². The molecule has 2 heterocycles. The van der Waals surface area contributed by atoms with E-state index in [4.69, 9.17) is 4.74 Å². The average Bonchev–Trinajstić information content (AvgIpc) is 3.35. The number of nitrogens with one attached hydrogen (secondary N) is 2. The molecule has 35 heavy (non-hydrogen) atoms. The first kappa shape index (κ1) is 25.0. The zero-order valence-corrected chi connectivity index (χ0v) is 20.7. The summed E-state index contributed by atoms with van der Waals surface area (Å²) in [6, 6.07) is 17.5. The van der Waals surface area contributed by atoms with Crippen molar-refractivity contribution in [2.75, 3.05) is 38.6 Å². The third-order valence-electron chi connectivity index (χ3n) is 6.12. The van der Waals surface area contributed by atoms with Gasteiger partial charge < -0.3 is 20.3 Å². The maximum Gasteiger partial charge on any atom is 0.286 e. The number of hydrogen-bond acceptors (Lipinski definition) is 7. The Labute approximate surface area is 209 Å². The Morgan fingerprint density at radius 3 is 2.49 bits per heavy atom. The molecule has 0 aliphatic carbocycles. The first-order valence-corrected chi connectivity index (χ1v) is 12.7. The van der Waals surface area contributed by atoms with Gasteiger partial charge in [-0.2, -0.15) is 0 Å². The number of aromatic nitrogens is 2. The third-order valence-corrected chi connectivity index (χ3v) is 7.02. The first-order valence-electron chi connectivity index (χ1n) is 11.9. The second kappa shape index (κ2) is 12.5. The Morgan fingerprint density at radius 1 is 1.03 bits per heavy atom. The van der Waals surface area contributed by atoms with Gasteiger partial charge in [0, 0.05) is 31.5 Å². The maximum atomic E-state index is 12.5. The minimum atomic E-state index is -0.338. The van der Waals surface area contributed by atoms with Crippen molar-refractivity contribution in [2.24, 2.45) is 5.92 Å². The normalized spacial score (nSPS) is 14.5. The van der Waals surface area contributed by atoms with Crippen LogP contribution in [-0.4, -0.2) is 60.2 Å². The van der Waals surface area contributed by atoms with Crippen LogP contribution in [0.3, 0.4) is 0 Å². The lowest BCUT2D eigenvalue weighted by Crippen LogP contribution is -2.39. The number of amides is 2. The lowest BCUT2D eigenvalue weighted by Gasteiger charge is -2.32. The molecule has 2 aromatic carbocycles. The number of methoxy groups -OCH3 is 1. The van der Waals surface area contributed by atoms with Crippen molar-refractivity contribution in [3.05, 3.63) is 75.7 Å². The van der Waals surface area contributed by atoms with E-state index in [1.165, 1.54) is 29.7 Å². The molecule has 0 bridgehead atoms. The van der Waals surface area contributed by atoms with Gasteiger partial charge in [-0.05, 0) is 68.1 Å². The van der Waals surface area contributed by atoms with E-state index < -0.39 is 0 Å². The summed E-state index contributed by atoms with van der Waals surface area (Å²) in [4.78, 5) is 27.3. The number of anilines is 1. The number of hydrogen-bond donors (Lipinski definition) is 2. The van der Waals surface area contributed by atoms with Gasteiger partial charge in [0.1, 0.15) is 5.01 Å². The Morgan fingerprint density at radius 2 is 1.77 bits per heavy atom. The van der Waals surface area contributed by atoms with Crippen LogP contribution in [-0.2, 0) is 17.8 Å². The predicted molar refractivity (Wildman–Crippen MR) is 137 cm³/mol. The standard InChI is InChI=1S/C26H31N5O3S/c1-34-18-23-29-30-26(35-23)25(33)28-22-9-7-21(8-10-22)24(32)27-13-16-31-14-11-20(12-15-31)17-19-5-3-2-4-6-19/h2-10,20H,11-18H2,1H3,(H,27,32)(H,28,33). The maximum absolute atomic E-state index is 12.5. The van der Waals surface area contributed by atoms with E-state index in [-0.39, 0.29) is 16.8 Å². The molecule has 4 rings (SSSR count). The molecular weight excluding hydrogens is 462 g/mol. The Kier molecular flexibility index (Phi) is 8.94. The highest BCUT2D eigenvalue weighted by molar-refractivity contribution is 7.13. The van der Waals surface area contributed by atoms with E-state index in [9.17, 15) is 9.59 Å². The highest BCUT2D eigenvalue weighted by Crippen LogP contribution is 2.21. The number of likely N-dealkylation sites (tertiary alicyclic amines) is 1. The molecule has 1 aliphatic rings. The third kappa shape index (κ3) is 7.42. The molecule has 0 atom stereocenters. The van der Waals surface area contributed by atoms with Crippen LogP contribution in [0.1, 0.15) is 43.6 Å². The van der Waals surface area contributed by atoms with E-state index in [1.807, 2.05) is 0 Å². The zero-order valence-electron chi connectivity index (χ0n) is 19.9. The van der Waals surface area contributed by atoms with Gasteiger partial charge in [-0.1, -0.05) is 41.7 Å². The van der Waals surface area contributed by atoms with E-state index in [2.05, 4.69) is 56.1 Å². The van der Waals surface area contributed by atoms with Gasteiger partial charge in [-0.3, -0.25) is 9.59 Å². The SMILES string of the molecule is COCc1nnc(C(=O)Nc2ccc(C(=O)NCCN3CCC(Cc4ccccc4)CC3)cc2)s1.